The predicted octanol–water partition coefficient (Wildman–Crippen LogP) is 4.99. The van der Waals surface area contributed by atoms with E-state index in [9.17, 15) is 18.0 Å². The summed E-state index contributed by atoms with van der Waals surface area (Å²) in [5.41, 5.74) is 0.566. The van der Waals surface area contributed by atoms with Gasteiger partial charge >= 0.3 is 0 Å². The van der Waals surface area contributed by atoms with E-state index in [1.807, 2.05) is 20.8 Å². The Morgan fingerprint density at radius 1 is 0.974 bits per heavy atom. The van der Waals surface area contributed by atoms with E-state index in [-0.39, 0.29) is 17.3 Å². The number of carbonyl (C=O) groups excluding carboxylic acids is 2. The summed E-state index contributed by atoms with van der Waals surface area (Å²) in [6.07, 6.45) is 0. The van der Waals surface area contributed by atoms with E-state index < -0.39 is 34.1 Å². The molecule has 0 aliphatic rings. The van der Waals surface area contributed by atoms with Crippen LogP contribution < -0.4 is 14.4 Å². The summed E-state index contributed by atoms with van der Waals surface area (Å²) in [6.45, 7) is 6.80. The average Bonchev–Trinajstić information content (AvgIpc) is 2.89. The normalized spacial score (nSPS) is 12.4. The maximum absolute atomic E-state index is 13.9. The molecule has 208 valence electrons. The molecule has 0 fully saturated rings. The first kappa shape index (κ1) is 30.2. The smallest absolute Gasteiger partial charge is 0.264 e. The van der Waals surface area contributed by atoms with Crippen LogP contribution in [-0.4, -0.2) is 50.4 Å². The van der Waals surface area contributed by atoms with Gasteiger partial charge in [0.25, 0.3) is 10.0 Å². The maximum atomic E-state index is 13.9. The second kappa shape index (κ2) is 12.7. The third-order valence-electron chi connectivity index (χ3n) is 5.88. The molecule has 39 heavy (non-hydrogen) atoms. The molecule has 0 aliphatic carbocycles. The molecule has 3 aromatic carbocycles. The van der Waals surface area contributed by atoms with Gasteiger partial charge in [-0.3, -0.25) is 13.9 Å². The molecular formula is C29H34BrN3O5S. The highest BCUT2D eigenvalue weighted by atomic mass is 79.9. The van der Waals surface area contributed by atoms with Gasteiger partial charge in [0, 0.05) is 16.6 Å². The van der Waals surface area contributed by atoms with Gasteiger partial charge in [-0.15, -0.1) is 0 Å². The fraction of sp³-hybridized carbons (Fsp3) is 0.310. The number of carbonyl (C=O) groups is 2. The number of hydrogen-bond donors (Lipinski definition) is 1. The topological polar surface area (TPSA) is 96.0 Å². The van der Waals surface area contributed by atoms with Crippen LogP contribution >= 0.6 is 15.9 Å². The molecule has 8 nitrogen and oxygen atoms in total. The average molecular weight is 617 g/mol. The number of ether oxygens (including phenoxy) is 1. The van der Waals surface area contributed by atoms with Crippen LogP contribution in [-0.2, 0) is 26.2 Å². The summed E-state index contributed by atoms with van der Waals surface area (Å²) < 4.78 is 34.5. The van der Waals surface area contributed by atoms with Crippen LogP contribution in [0.1, 0.15) is 33.3 Å². The Bertz CT molecular complexity index is 1390. The second-order valence-corrected chi connectivity index (χ2v) is 12.9. The van der Waals surface area contributed by atoms with Crippen molar-refractivity contribution in [3.8, 4) is 5.75 Å². The van der Waals surface area contributed by atoms with E-state index in [0.29, 0.717) is 15.9 Å². The highest BCUT2D eigenvalue weighted by Gasteiger charge is 2.33. The fourth-order valence-electron chi connectivity index (χ4n) is 3.86. The summed E-state index contributed by atoms with van der Waals surface area (Å²) in [7, 11) is -2.55. The van der Waals surface area contributed by atoms with Crippen LogP contribution in [0.4, 0.5) is 5.69 Å². The minimum Gasteiger partial charge on any atom is -0.497 e. The molecule has 0 saturated carbocycles. The van der Waals surface area contributed by atoms with Crippen molar-refractivity contribution >= 4 is 43.5 Å². The number of nitrogens with one attached hydrogen (secondary N) is 1. The molecule has 1 atom stereocenters. The van der Waals surface area contributed by atoms with Gasteiger partial charge in [-0.2, -0.15) is 0 Å². The number of anilines is 1. The molecule has 1 N–H and O–H groups in total. The number of benzene rings is 3. The molecule has 10 heteroatoms. The molecule has 0 heterocycles. The quantitative estimate of drug-likeness (QED) is 0.347. The molecular weight excluding hydrogens is 582 g/mol. The highest BCUT2D eigenvalue weighted by molar-refractivity contribution is 9.10. The van der Waals surface area contributed by atoms with Crippen molar-refractivity contribution in [2.45, 2.75) is 50.7 Å². The van der Waals surface area contributed by atoms with Crippen molar-refractivity contribution in [1.82, 2.24) is 10.2 Å². The summed E-state index contributed by atoms with van der Waals surface area (Å²) >= 11 is 3.39. The Kier molecular flexibility index (Phi) is 9.79. The van der Waals surface area contributed by atoms with Crippen LogP contribution in [0.3, 0.4) is 0 Å². The highest BCUT2D eigenvalue weighted by Crippen LogP contribution is 2.27. The molecule has 0 saturated heterocycles. The second-order valence-electron chi connectivity index (χ2n) is 10.1. The molecule has 0 radical (unpaired) electrons. The van der Waals surface area contributed by atoms with E-state index in [4.69, 9.17) is 4.74 Å². The Morgan fingerprint density at radius 3 is 2.18 bits per heavy atom. The van der Waals surface area contributed by atoms with Crippen molar-refractivity contribution in [3.63, 3.8) is 0 Å². The monoisotopic (exact) mass is 615 g/mol. The standard InChI is InChI=1S/C29H34BrN3O5S/c1-21(28(35)31-29(2,3)4)32(19-22-14-16-25(38-5)17-15-22)27(34)20-33(24-11-9-10-23(30)18-24)39(36,37)26-12-7-6-8-13-26/h6-18,21H,19-20H2,1-5H3,(H,31,35). The van der Waals surface area contributed by atoms with Crippen molar-refractivity contribution in [1.29, 1.82) is 0 Å². The first-order valence-electron chi connectivity index (χ1n) is 12.4. The number of hydrogen-bond acceptors (Lipinski definition) is 5. The molecule has 3 aromatic rings. The molecule has 2 amide bonds. The van der Waals surface area contributed by atoms with E-state index in [1.165, 1.54) is 17.0 Å². The van der Waals surface area contributed by atoms with Gasteiger partial charge in [0.05, 0.1) is 17.7 Å². The SMILES string of the molecule is COc1ccc(CN(C(=O)CN(c2cccc(Br)c2)S(=O)(=O)c2ccccc2)C(C)C(=O)NC(C)(C)C)cc1. The van der Waals surface area contributed by atoms with Gasteiger partial charge in [0.15, 0.2) is 0 Å². The lowest BCUT2D eigenvalue weighted by Gasteiger charge is -2.33. The van der Waals surface area contributed by atoms with Crippen LogP contribution in [0.15, 0.2) is 88.2 Å². The Balaban J connectivity index is 2.02. The van der Waals surface area contributed by atoms with Gasteiger partial charge < -0.3 is 15.0 Å². The minimum absolute atomic E-state index is 0.0537. The molecule has 0 aromatic heterocycles. The zero-order valence-electron chi connectivity index (χ0n) is 22.7. The first-order chi connectivity index (χ1) is 18.3. The molecule has 0 bridgehead atoms. The van der Waals surface area contributed by atoms with Crippen molar-refractivity contribution in [2.24, 2.45) is 0 Å². The van der Waals surface area contributed by atoms with Crippen LogP contribution in [0.5, 0.6) is 5.75 Å². The van der Waals surface area contributed by atoms with Crippen LogP contribution in [0.2, 0.25) is 0 Å². The van der Waals surface area contributed by atoms with Gasteiger partial charge in [-0.25, -0.2) is 8.42 Å². The predicted molar refractivity (Wildman–Crippen MR) is 156 cm³/mol. The summed E-state index contributed by atoms with van der Waals surface area (Å²) in [6, 6.07) is 21.0. The van der Waals surface area contributed by atoms with Crippen LogP contribution in [0.25, 0.3) is 0 Å². The van der Waals surface area contributed by atoms with E-state index in [0.717, 1.165) is 9.87 Å². The van der Waals surface area contributed by atoms with Crippen molar-refractivity contribution in [3.05, 3.63) is 88.9 Å². The maximum Gasteiger partial charge on any atom is 0.264 e. The number of halogens is 1. The summed E-state index contributed by atoms with van der Waals surface area (Å²) in [5.74, 6) is -0.212. The Hall–Kier alpha value is -3.37. The van der Waals surface area contributed by atoms with Crippen molar-refractivity contribution in [2.75, 3.05) is 18.0 Å². The van der Waals surface area contributed by atoms with Gasteiger partial charge in [-0.1, -0.05) is 52.3 Å². The zero-order valence-corrected chi connectivity index (χ0v) is 25.1. The summed E-state index contributed by atoms with van der Waals surface area (Å²) in [5, 5.41) is 2.92. The minimum atomic E-state index is -4.11. The summed E-state index contributed by atoms with van der Waals surface area (Å²) in [4.78, 5) is 28.5. The van der Waals surface area contributed by atoms with Gasteiger partial charge in [0.2, 0.25) is 11.8 Å². The molecule has 0 spiro atoms. The Morgan fingerprint density at radius 2 is 1.62 bits per heavy atom. The number of nitrogens with zero attached hydrogens (tertiary/aromatic N) is 2. The third kappa shape index (κ3) is 8.06. The Labute approximate surface area is 239 Å². The van der Waals surface area contributed by atoms with Crippen LogP contribution in [0, 0.1) is 0 Å². The van der Waals surface area contributed by atoms with Crippen molar-refractivity contribution < 1.29 is 22.7 Å². The first-order valence-corrected chi connectivity index (χ1v) is 14.6. The molecule has 3 rings (SSSR count). The van der Waals surface area contributed by atoms with E-state index in [1.54, 1.807) is 80.8 Å². The number of rotatable bonds is 10. The van der Waals surface area contributed by atoms with Gasteiger partial charge in [0.1, 0.15) is 18.3 Å². The van der Waals surface area contributed by atoms with E-state index >= 15 is 0 Å². The lowest BCUT2D eigenvalue weighted by atomic mass is 10.1. The fourth-order valence-corrected chi connectivity index (χ4v) is 5.68. The number of amides is 2. The zero-order chi connectivity index (χ0) is 28.8. The van der Waals surface area contributed by atoms with E-state index in [2.05, 4.69) is 21.2 Å². The lowest BCUT2D eigenvalue weighted by Crippen LogP contribution is -2.54. The lowest BCUT2D eigenvalue weighted by molar-refractivity contribution is -0.140. The number of sulfonamides is 1. The third-order valence-corrected chi connectivity index (χ3v) is 8.17. The molecule has 0 aliphatic heterocycles. The van der Waals surface area contributed by atoms with Gasteiger partial charge in [-0.05, 0) is 75.7 Å². The largest absolute Gasteiger partial charge is 0.497 e. The number of methoxy groups -OCH3 is 1. The molecule has 1 unspecified atom stereocenters.